The van der Waals surface area contributed by atoms with E-state index in [1.165, 1.54) is 101 Å². The van der Waals surface area contributed by atoms with E-state index in [0.717, 1.165) is 0 Å². The van der Waals surface area contributed by atoms with E-state index >= 15 is 0 Å². The van der Waals surface area contributed by atoms with Crippen LogP contribution in [-0.2, 0) is 0 Å². The molecular weight excluding hydrogens is 631 g/mol. The lowest BCUT2D eigenvalue weighted by molar-refractivity contribution is 1.19. The molecule has 228 valence electrons. The predicted octanol–water partition coefficient (Wildman–Crippen LogP) is 14.0. The maximum absolute atomic E-state index is 2.51. The zero-order valence-corrected chi connectivity index (χ0v) is 28.0. The summed E-state index contributed by atoms with van der Waals surface area (Å²) in [6.45, 7) is 0. The van der Waals surface area contributed by atoms with Gasteiger partial charge < -0.3 is 4.57 Å². The number of thiophene rings is 2. The maximum atomic E-state index is 2.51. The Morgan fingerprint density at radius 2 is 0.959 bits per heavy atom. The molecule has 0 unspecified atom stereocenters. The minimum Gasteiger partial charge on any atom is -0.308 e. The van der Waals surface area contributed by atoms with Crippen LogP contribution in [0, 0.1) is 0 Å². The zero-order chi connectivity index (χ0) is 32.1. The van der Waals surface area contributed by atoms with Crippen LogP contribution in [-0.4, -0.2) is 4.57 Å². The number of rotatable bonds is 3. The highest BCUT2D eigenvalue weighted by Crippen LogP contribution is 2.48. The molecule has 0 aliphatic rings. The fourth-order valence-electron chi connectivity index (χ4n) is 8.04. The molecule has 0 N–H and O–H groups in total. The van der Waals surface area contributed by atoms with Crippen molar-refractivity contribution in [1.82, 2.24) is 4.57 Å². The third-order valence-electron chi connectivity index (χ3n) is 10.2. The summed E-state index contributed by atoms with van der Waals surface area (Å²) in [5.74, 6) is 0. The van der Waals surface area contributed by atoms with E-state index in [1.54, 1.807) is 0 Å². The lowest BCUT2D eigenvalue weighted by atomic mass is 9.98. The van der Waals surface area contributed by atoms with Crippen molar-refractivity contribution in [2.45, 2.75) is 0 Å². The smallest absolute Gasteiger partial charge is 0.0726 e. The van der Waals surface area contributed by atoms with E-state index in [2.05, 4.69) is 168 Å². The zero-order valence-electron chi connectivity index (χ0n) is 26.4. The SMILES string of the molecule is c1cc(-c2ccc(-c3cccc4c3sc3ccccc34)cc2)cc(-n2c3ccccc3c3c4ccccc4c4c5ccccc5sc4c32)c1. The molecule has 0 aliphatic carbocycles. The Hall–Kier alpha value is -5.74. The Labute approximate surface area is 290 Å². The van der Waals surface area contributed by atoms with Crippen molar-refractivity contribution >= 4 is 95.6 Å². The van der Waals surface area contributed by atoms with Gasteiger partial charge in [-0.2, -0.15) is 0 Å². The summed E-state index contributed by atoms with van der Waals surface area (Å²) in [6.07, 6.45) is 0. The van der Waals surface area contributed by atoms with Crippen LogP contribution in [0.4, 0.5) is 0 Å². The van der Waals surface area contributed by atoms with E-state index in [9.17, 15) is 0 Å². The minimum absolute atomic E-state index is 1.18. The summed E-state index contributed by atoms with van der Waals surface area (Å²) in [5.41, 5.74) is 8.67. The second-order valence-corrected chi connectivity index (χ2v) is 14.9. The van der Waals surface area contributed by atoms with E-state index in [0.29, 0.717) is 0 Å². The van der Waals surface area contributed by atoms with E-state index < -0.39 is 0 Å². The molecule has 3 heterocycles. The van der Waals surface area contributed by atoms with E-state index in [-0.39, 0.29) is 0 Å². The second kappa shape index (κ2) is 10.4. The normalized spacial score (nSPS) is 12.1. The van der Waals surface area contributed by atoms with Gasteiger partial charge in [0.15, 0.2) is 0 Å². The number of aromatic nitrogens is 1. The molecular formula is C46H27NS2. The molecule has 0 radical (unpaired) electrons. The quantitative estimate of drug-likeness (QED) is 0.178. The van der Waals surface area contributed by atoms with Crippen molar-refractivity contribution in [3.05, 3.63) is 164 Å². The lowest BCUT2D eigenvalue weighted by Gasteiger charge is -2.12. The fraction of sp³-hybridized carbons (Fsp3) is 0. The molecule has 0 aliphatic heterocycles. The fourth-order valence-corrected chi connectivity index (χ4v) is 10.5. The lowest BCUT2D eigenvalue weighted by Crippen LogP contribution is -1.94. The van der Waals surface area contributed by atoms with Gasteiger partial charge in [0, 0.05) is 52.1 Å². The Bertz CT molecular complexity index is 3100. The average molecular weight is 658 g/mol. The molecule has 0 fully saturated rings. The summed E-state index contributed by atoms with van der Waals surface area (Å²) in [7, 11) is 0. The van der Waals surface area contributed by atoms with Gasteiger partial charge in [-0.1, -0.05) is 133 Å². The first-order valence-corrected chi connectivity index (χ1v) is 18.3. The molecule has 3 heteroatoms. The molecule has 0 atom stereocenters. The Morgan fingerprint density at radius 1 is 0.367 bits per heavy atom. The number of hydrogen-bond donors (Lipinski definition) is 0. The molecule has 8 aromatic carbocycles. The topological polar surface area (TPSA) is 4.93 Å². The maximum Gasteiger partial charge on any atom is 0.0726 e. The van der Waals surface area contributed by atoms with Crippen molar-refractivity contribution in [2.75, 3.05) is 0 Å². The molecule has 0 saturated heterocycles. The second-order valence-electron chi connectivity index (χ2n) is 12.8. The van der Waals surface area contributed by atoms with Gasteiger partial charge in [0.25, 0.3) is 0 Å². The molecule has 11 rings (SSSR count). The van der Waals surface area contributed by atoms with Gasteiger partial charge in [-0.3, -0.25) is 0 Å². The molecule has 0 amide bonds. The molecule has 11 aromatic rings. The highest BCUT2D eigenvalue weighted by atomic mass is 32.1. The number of nitrogens with zero attached hydrogens (tertiary/aromatic N) is 1. The van der Waals surface area contributed by atoms with Crippen LogP contribution in [0.15, 0.2) is 164 Å². The molecule has 3 aromatic heterocycles. The average Bonchev–Trinajstić information content (AvgIpc) is 3.85. The first-order chi connectivity index (χ1) is 24.3. The predicted molar refractivity (Wildman–Crippen MR) is 215 cm³/mol. The van der Waals surface area contributed by atoms with Crippen LogP contribution in [0.5, 0.6) is 0 Å². The van der Waals surface area contributed by atoms with Gasteiger partial charge in [-0.15, -0.1) is 22.7 Å². The van der Waals surface area contributed by atoms with Gasteiger partial charge >= 0.3 is 0 Å². The van der Waals surface area contributed by atoms with Crippen LogP contribution >= 0.6 is 22.7 Å². The summed E-state index contributed by atoms with van der Waals surface area (Å²) < 4.78 is 7.87. The first kappa shape index (κ1) is 27.2. The molecule has 0 spiro atoms. The Morgan fingerprint density at radius 3 is 1.78 bits per heavy atom. The summed E-state index contributed by atoms with van der Waals surface area (Å²) in [4.78, 5) is 0. The van der Waals surface area contributed by atoms with Gasteiger partial charge in [0.1, 0.15) is 0 Å². The van der Waals surface area contributed by atoms with E-state index in [4.69, 9.17) is 0 Å². The Balaban J connectivity index is 1.11. The molecule has 1 nitrogen and oxygen atoms in total. The van der Waals surface area contributed by atoms with Crippen molar-refractivity contribution in [1.29, 1.82) is 0 Å². The van der Waals surface area contributed by atoms with Crippen LogP contribution < -0.4 is 0 Å². The van der Waals surface area contributed by atoms with Gasteiger partial charge in [-0.25, -0.2) is 0 Å². The Kier molecular flexibility index (Phi) is 5.77. The van der Waals surface area contributed by atoms with Crippen molar-refractivity contribution in [3.63, 3.8) is 0 Å². The highest BCUT2D eigenvalue weighted by molar-refractivity contribution is 7.27. The van der Waals surface area contributed by atoms with Gasteiger partial charge in [-0.05, 0) is 63.4 Å². The monoisotopic (exact) mass is 657 g/mol. The third kappa shape index (κ3) is 3.92. The summed E-state index contributed by atoms with van der Waals surface area (Å²) >= 11 is 3.80. The van der Waals surface area contributed by atoms with Crippen LogP contribution in [0.1, 0.15) is 0 Å². The minimum atomic E-state index is 1.18. The van der Waals surface area contributed by atoms with Crippen LogP contribution in [0.3, 0.4) is 0 Å². The van der Waals surface area contributed by atoms with Crippen molar-refractivity contribution < 1.29 is 0 Å². The number of hydrogen-bond acceptors (Lipinski definition) is 2. The largest absolute Gasteiger partial charge is 0.308 e. The number of benzene rings is 8. The van der Waals surface area contributed by atoms with Crippen LogP contribution in [0.25, 0.3) is 101 Å². The summed E-state index contributed by atoms with van der Waals surface area (Å²) in [6, 6.07) is 60.4. The number of para-hydroxylation sites is 1. The summed E-state index contributed by atoms with van der Waals surface area (Å²) in [5, 5.41) is 10.6. The van der Waals surface area contributed by atoms with Crippen LogP contribution in [0.2, 0.25) is 0 Å². The van der Waals surface area contributed by atoms with Crippen molar-refractivity contribution in [2.24, 2.45) is 0 Å². The highest BCUT2D eigenvalue weighted by Gasteiger charge is 2.21. The van der Waals surface area contributed by atoms with Gasteiger partial charge in [0.2, 0.25) is 0 Å². The molecule has 0 saturated carbocycles. The van der Waals surface area contributed by atoms with E-state index in [1.807, 2.05) is 22.7 Å². The van der Waals surface area contributed by atoms with Crippen molar-refractivity contribution in [3.8, 4) is 27.9 Å². The molecule has 0 bridgehead atoms. The number of fused-ring (bicyclic) bond motifs is 13. The third-order valence-corrected chi connectivity index (χ3v) is 12.6. The van der Waals surface area contributed by atoms with Gasteiger partial charge in [0.05, 0.1) is 15.7 Å². The standard InChI is InChI=1S/C46H27NS2/c1-2-15-35-34(14-1)42-37-16-3-6-20-39(37)47(44(42)46-43(35)38-17-5-8-22-41(38)49-46)31-12-9-11-30(27-31)28-23-25-29(26-24-28)32-18-10-19-36-33-13-4-7-21-40(33)48-45(32)36/h1-27H. The first-order valence-electron chi connectivity index (χ1n) is 16.7. The molecule has 49 heavy (non-hydrogen) atoms.